The Kier molecular flexibility index (Phi) is 4.53. The van der Waals surface area contributed by atoms with Crippen molar-refractivity contribution in [2.75, 3.05) is 13.1 Å². The van der Waals surface area contributed by atoms with E-state index < -0.39 is 0 Å². The number of fused-ring (bicyclic) bond motifs is 1. The van der Waals surface area contributed by atoms with Gasteiger partial charge in [0.2, 0.25) is 0 Å². The van der Waals surface area contributed by atoms with Crippen molar-refractivity contribution in [3.63, 3.8) is 0 Å². The SMILES string of the molecule is Cc1cc2c(c([C@@H]3CCCN3)c1)CCN(C(=O)c1cc(C)nc(C)c1)C2. The zero-order chi connectivity index (χ0) is 18.3. The Hall–Kier alpha value is -2.20. The summed E-state index contributed by atoms with van der Waals surface area (Å²) < 4.78 is 0. The fourth-order valence-electron chi connectivity index (χ4n) is 4.47. The molecule has 2 aliphatic heterocycles. The van der Waals surface area contributed by atoms with Crippen molar-refractivity contribution in [3.8, 4) is 0 Å². The van der Waals surface area contributed by atoms with Crippen LogP contribution in [-0.2, 0) is 13.0 Å². The maximum absolute atomic E-state index is 13.0. The molecule has 0 aliphatic carbocycles. The first kappa shape index (κ1) is 17.2. The second kappa shape index (κ2) is 6.84. The second-order valence-corrected chi connectivity index (χ2v) is 7.76. The molecule has 0 radical (unpaired) electrons. The largest absolute Gasteiger partial charge is 0.334 e. The van der Waals surface area contributed by atoms with E-state index in [9.17, 15) is 4.79 Å². The van der Waals surface area contributed by atoms with Crippen LogP contribution in [-0.4, -0.2) is 28.9 Å². The average Bonchev–Trinajstić information content (AvgIpc) is 3.13. The molecule has 1 amide bonds. The molecule has 3 heterocycles. The first-order valence-electron chi connectivity index (χ1n) is 9.61. The van der Waals surface area contributed by atoms with Gasteiger partial charge in [0.05, 0.1) is 0 Å². The van der Waals surface area contributed by atoms with Crippen LogP contribution in [0.4, 0.5) is 0 Å². The molecule has 0 spiro atoms. The normalized spacial score (nSPS) is 19.5. The fraction of sp³-hybridized carbons (Fsp3) is 0.455. The smallest absolute Gasteiger partial charge is 0.254 e. The van der Waals surface area contributed by atoms with E-state index in [1.54, 1.807) is 0 Å². The minimum Gasteiger partial charge on any atom is -0.334 e. The van der Waals surface area contributed by atoms with Crippen molar-refractivity contribution in [1.29, 1.82) is 0 Å². The molecule has 1 atom stereocenters. The molecule has 4 rings (SSSR count). The van der Waals surface area contributed by atoms with Crippen LogP contribution >= 0.6 is 0 Å². The summed E-state index contributed by atoms with van der Waals surface area (Å²) in [5.74, 6) is 0.117. The zero-order valence-corrected chi connectivity index (χ0v) is 15.9. The van der Waals surface area contributed by atoms with Gasteiger partial charge in [0.1, 0.15) is 0 Å². The van der Waals surface area contributed by atoms with Gasteiger partial charge in [-0.05, 0) is 75.4 Å². The Morgan fingerprint density at radius 3 is 2.62 bits per heavy atom. The van der Waals surface area contributed by atoms with E-state index in [0.717, 1.165) is 36.5 Å². The summed E-state index contributed by atoms with van der Waals surface area (Å²) in [7, 11) is 0. The highest BCUT2D eigenvalue weighted by atomic mass is 16.2. The molecule has 1 N–H and O–H groups in total. The summed E-state index contributed by atoms with van der Waals surface area (Å²) in [5.41, 5.74) is 8.07. The third-order valence-electron chi connectivity index (χ3n) is 5.57. The van der Waals surface area contributed by atoms with Gasteiger partial charge < -0.3 is 10.2 Å². The van der Waals surface area contributed by atoms with E-state index >= 15 is 0 Å². The van der Waals surface area contributed by atoms with Gasteiger partial charge in [-0.3, -0.25) is 9.78 Å². The van der Waals surface area contributed by atoms with Gasteiger partial charge in [-0.15, -0.1) is 0 Å². The predicted octanol–water partition coefficient (Wildman–Crippen LogP) is 3.63. The summed E-state index contributed by atoms with van der Waals surface area (Å²) >= 11 is 0. The number of carbonyl (C=O) groups excluding carboxylic acids is 1. The molecule has 0 saturated carbocycles. The second-order valence-electron chi connectivity index (χ2n) is 7.76. The van der Waals surface area contributed by atoms with Crippen molar-refractivity contribution in [2.24, 2.45) is 0 Å². The highest BCUT2D eigenvalue weighted by Gasteiger charge is 2.27. The number of carbonyl (C=O) groups is 1. The van der Waals surface area contributed by atoms with Crippen LogP contribution < -0.4 is 5.32 Å². The Labute approximate surface area is 155 Å². The third kappa shape index (κ3) is 3.26. The summed E-state index contributed by atoms with van der Waals surface area (Å²) in [5, 5.41) is 3.64. The number of hydrogen-bond acceptors (Lipinski definition) is 3. The number of amides is 1. The number of hydrogen-bond donors (Lipinski definition) is 1. The minimum atomic E-state index is 0.117. The molecule has 136 valence electrons. The van der Waals surface area contributed by atoms with Crippen LogP contribution in [0.1, 0.15) is 62.9 Å². The summed E-state index contributed by atoms with van der Waals surface area (Å²) in [6.45, 7) is 8.65. The Morgan fingerprint density at radius 2 is 1.92 bits per heavy atom. The van der Waals surface area contributed by atoms with Crippen LogP contribution in [0.2, 0.25) is 0 Å². The van der Waals surface area contributed by atoms with Gasteiger partial charge in [0, 0.05) is 36.1 Å². The highest BCUT2D eigenvalue weighted by molar-refractivity contribution is 5.94. The maximum atomic E-state index is 13.0. The van der Waals surface area contributed by atoms with Crippen molar-refractivity contribution in [1.82, 2.24) is 15.2 Å². The van der Waals surface area contributed by atoms with Crippen LogP contribution in [0, 0.1) is 20.8 Å². The monoisotopic (exact) mass is 349 g/mol. The van der Waals surface area contributed by atoms with Crippen molar-refractivity contribution >= 4 is 5.91 Å². The minimum absolute atomic E-state index is 0.117. The lowest BCUT2D eigenvalue weighted by Gasteiger charge is -2.32. The lowest BCUT2D eigenvalue weighted by Crippen LogP contribution is -2.37. The topological polar surface area (TPSA) is 45.2 Å². The molecule has 0 unspecified atom stereocenters. The van der Waals surface area contributed by atoms with Gasteiger partial charge in [-0.1, -0.05) is 17.7 Å². The molecule has 1 aromatic carbocycles. The van der Waals surface area contributed by atoms with Crippen LogP contribution in [0.5, 0.6) is 0 Å². The predicted molar refractivity (Wildman–Crippen MR) is 103 cm³/mol. The number of rotatable bonds is 2. The lowest BCUT2D eigenvalue weighted by molar-refractivity contribution is 0.0734. The van der Waals surface area contributed by atoms with Crippen LogP contribution in [0.25, 0.3) is 0 Å². The molecule has 2 aliphatic rings. The number of benzene rings is 1. The van der Waals surface area contributed by atoms with Crippen molar-refractivity contribution < 1.29 is 4.79 Å². The highest BCUT2D eigenvalue weighted by Crippen LogP contribution is 2.32. The third-order valence-corrected chi connectivity index (χ3v) is 5.57. The molecular formula is C22H27N3O. The molecule has 4 heteroatoms. The first-order valence-corrected chi connectivity index (χ1v) is 9.61. The van der Waals surface area contributed by atoms with Gasteiger partial charge in [-0.2, -0.15) is 0 Å². The Morgan fingerprint density at radius 1 is 1.15 bits per heavy atom. The lowest BCUT2D eigenvalue weighted by atomic mass is 9.88. The van der Waals surface area contributed by atoms with Gasteiger partial charge in [-0.25, -0.2) is 0 Å². The quantitative estimate of drug-likeness (QED) is 0.900. The Bertz CT molecular complexity index is 832. The number of nitrogens with one attached hydrogen (secondary N) is 1. The van der Waals surface area contributed by atoms with Crippen LogP contribution in [0.15, 0.2) is 24.3 Å². The number of pyridine rings is 1. The van der Waals surface area contributed by atoms with E-state index in [2.05, 4.69) is 29.4 Å². The molecule has 2 aromatic rings. The average molecular weight is 349 g/mol. The molecule has 1 fully saturated rings. The number of nitrogens with zero attached hydrogens (tertiary/aromatic N) is 2. The van der Waals surface area contributed by atoms with E-state index in [1.807, 2.05) is 30.9 Å². The van der Waals surface area contributed by atoms with E-state index in [4.69, 9.17) is 0 Å². The molecule has 0 bridgehead atoms. The molecule has 26 heavy (non-hydrogen) atoms. The van der Waals surface area contributed by atoms with E-state index in [1.165, 1.54) is 35.1 Å². The maximum Gasteiger partial charge on any atom is 0.254 e. The van der Waals surface area contributed by atoms with E-state index in [-0.39, 0.29) is 5.91 Å². The standard InChI is InChI=1S/C22H27N3O/c1-14-9-18-13-25(22(26)17-11-15(2)24-16(3)12-17)8-6-19(18)20(10-14)21-5-4-7-23-21/h9-12,21,23H,4-8,13H2,1-3H3/t21-/m0/s1. The zero-order valence-electron chi connectivity index (χ0n) is 15.9. The van der Waals surface area contributed by atoms with Gasteiger partial charge >= 0.3 is 0 Å². The summed E-state index contributed by atoms with van der Waals surface area (Å²) in [6.07, 6.45) is 3.41. The molecule has 1 saturated heterocycles. The van der Waals surface area contributed by atoms with Gasteiger partial charge in [0.25, 0.3) is 5.91 Å². The van der Waals surface area contributed by atoms with Crippen molar-refractivity contribution in [3.05, 3.63) is 63.5 Å². The molecule has 1 aromatic heterocycles. The van der Waals surface area contributed by atoms with Crippen LogP contribution in [0.3, 0.4) is 0 Å². The van der Waals surface area contributed by atoms with E-state index in [0.29, 0.717) is 12.6 Å². The number of aromatic nitrogens is 1. The summed E-state index contributed by atoms with van der Waals surface area (Å²) in [6, 6.07) is 8.88. The fourth-order valence-corrected chi connectivity index (χ4v) is 4.47. The molecular weight excluding hydrogens is 322 g/mol. The van der Waals surface area contributed by atoms with Crippen molar-refractivity contribution in [2.45, 2.75) is 52.6 Å². The number of aryl methyl sites for hydroxylation is 3. The first-order chi connectivity index (χ1) is 12.5. The Balaban J connectivity index is 1.62. The summed E-state index contributed by atoms with van der Waals surface area (Å²) in [4.78, 5) is 19.4. The van der Waals surface area contributed by atoms with Gasteiger partial charge in [0.15, 0.2) is 0 Å². The molecule has 4 nitrogen and oxygen atoms in total.